The minimum Gasteiger partial charge on any atom is -0.384 e. The van der Waals surface area contributed by atoms with Crippen molar-refractivity contribution in [1.82, 2.24) is 4.98 Å². The van der Waals surface area contributed by atoms with Crippen LogP contribution in [0.5, 0.6) is 0 Å². The average molecular weight is 191 g/mol. The molecule has 2 N–H and O–H groups in total. The Bertz CT molecular complexity index is 385. The van der Waals surface area contributed by atoms with Crippen molar-refractivity contribution in [3.63, 3.8) is 0 Å². The Balaban J connectivity index is 2.25. The molecule has 0 aliphatic carbocycles. The first-order chi connectivity index (χ1) is 6.83. The Hall–Kier alpha value is -1.59. The second kappa shape index (κ2) is 3.65. The Labute approximate surface area is 81.4 Å². The van der Waals surface area contributed by atoms with E-state index in [0.29, 0.717) is 5.84 Å². The number of pyridine rings is 1. The summed E-state index contributed by atoms with van der Waals surface area (Å²) in [4.78, 5) is 4.92. The van der Waals surface area contributed by atoms with Crippen LogP contribution in [0.15, 0.2) is 34.7 Å². The van der Waals surface area contributed by atoms with Crippen molar-refractivity contribution in [3.8, 4) is 0 Å². The van der Waals surface area contributed by atoms with Crippen LogP contribution in [0.2, 0.25) is 0 Å². The zero-order valence-electron chi connectivity index (χ0n) is 7.81. The van der Waals surface area contributed by atoms with Gasteiger partial charge < -0.3 is 5.11 Å². The molecule has 1 unspecified atom stereocenters. The van der Waals surface area contributed by atoms with E-state index in [1.165, 1.54) is 0 Å². The van der Waals surface area contributed by atoms with Crippen molar-refractivity contribution in [3.05, 3.63) is 30.1 Å². The molecule has 0 saturated heterocycles. The zero-order chi connectivity index (χ0) is 9.97. The van der Waals surface area contributed by atoms with Crippen molar-refractivity contribution in [1.29, 1.82) is 0 Å². The first-order valence-electron chi connectivity index (χ1n) is 4.33. The van der Waals surface area contributed by atoms with Crippen LogP contribution in [0.1, 0.15) is 5.56 Å². The van der Waals surface area contributed by atoms with Gasteiger partial charge in [0, 0.05) is 12.4 Å². The topological polar surface area (TPSA) is 62.3 Å². The molecular weight excluding hydrogens is 180 g/mol. The highest BCUT2D eigenvalue weighted by atomic mass is 16.3. The van der Waals surface area contributed by atoms with Gasteiger partial charge in [-0.25, -0.2) is 4.90 Å². The lowest BCUT2D eigenvalue weighted by Gasteiger charge is -2.07. The number of aliphatic hydroxyl groups excluding tert-OH is 1. The minimum atomic E-state index is -0.0703. The molecule has 72 valence electrons. The summed E-state index contributed by atoms with van der Waals surface area (Å²) in [6, 6.07) is 3.77. The van der Waals surface area contributed by atoms with E-state index in [-0.39, 0.29) is 6.61 Å². The Morgan fingerprint density at radius 2 is 2.29 bits per heavy atom. The van der Waals surface area contributed by atoms with E-state index in [1.807, 2.05) is 19.2 Å². The van der Waals surface area contributed by atoms with Crippen molar-refractivity contribution >= 4 is 11.7 Å². The molecule has 1 aliphatic heterocycles. The number of aliphatic hydroxyl groups is 1. The number of aromatic nitrogens is 1. The molecule has 0 saturated carbocycles. The number of likely N-dealkylation sites (N-methyl/N-ethyl adjacent to an activating group) is 1. The van der Waals surface area contributed by atoms with E-state index in [4.69, 9.17) is 5.11 Å². The molecule has 0 amide bonds. The molecule has 2 rings (SSSR count). The van der Waals surface area contributed by atoms with E-state index in [2.05, 4.69) is 15.2 Å². The van der Waals surface area contributed by atoms with Gasteiger partial charge in [0.2, 0.25) is 0 Å². The first-order valence-corrected chi connectivity index (χ1v) is 4.33. The van der Waals surface area contributed by atoms with Crippen molar-refractivity contribution < 1.29 is 10.0 Å². The molecule has 1 aromatic rings. The smallest absolute Gasteiger partial charge is 0.260 e. The minimum absolute atomic E-state index is 0.0703. The quantitative estimate of drug-likeness (QED) is 0.608. The molecule has 0 radical (unpaired) electrons. The molecule has 0 fully saturated rings. The SMILES string of the molecule is C[NH+]1C(CO)=NN=C1c1cccnc1. The van der Waals surface area contributed by atoms with Gasteiger partial charge >= 0.3 is 0 Å². The second-order valence-electron chi connectivity index (χ2n) is 3.02. The largest absolute Gasteiger partial charge is 0.384 e. The van der Waals surface area contributed by atoms with Gasteiger partial charge in [-0.05, 0) is 12.1 Å². The lowest BCUT2D eigenvalue weighted by molar-refractivity contribution is -0.673. The van der Waals surface area contributed by atoms with Crippen LogP contribution in [0.25, 0.3) is 0 Å². The number of hydrogen-bond donors (Lipinski definition) is 2. The van der Waals surface area contributed by atoms with Gasteiger partial charge in [-0.1, -0.05) is 10.2 Å². The summed E-state index contributed by atoms with van der Waals surface area (Å²) in [7, 11) is 1.90. The van der Waals surface area contributed by atoms with Crippen molar-refractivity contribution in [2.24, 2.45) is 10.2 Å². The van der Waals surface area contributed by atoms with Gasteiger partial charge in [0.25, 0.3) is 11.7 Å². The summed E-state index contributed by atoms with van der Waals surface area (Å²) in [5, 5.41) is 16.9. The molecule has 0 bridgehead atoms. The summed E-state index contributed by atoms with van der Waals surface area (Å²) in [6.45, 7) is -0.0703. The molecule has 14 heavy (non-hydrogen) atoms. The first kappa shape index (κ1) is 8.98. The highest BCUT2D eigenvalue weighted by Gasteiger charge is 2.26. The maximum Gasteiger partial charge on any atom is 0.260 e. The summed E-state index contributed by atoms with van der Waals surface area (Å²) in [5.74, 6) is 1.42. The Morgan fingerprint density at radius 1 is 1.43 bits per heavy atom. The van der Waals surface area contributed by atoms with Gasteiger partial charge in [-0.15, -0.1) is 0 Å². The maximum absolute atomic E-state index is 8.96. The zero-order valence-corrected chi connectivity index (χ0v) is 7.81. The van der Waals surface area contributed by atoms with Crippen LogP contribution in [-0.2, 0) is 0 Å². The van der Waals surface area contributed by atoms with E-state index in [0.717, 1.165) is 16.3 Å². The monoisotopic (exact) mass is 191 g/mol. The molecule has 5 heteroatoms. The van der Waals surface area contributed by atoms with Crippen LogP contribution >= 0.6 is 0 Å². The number of amidine groups is 2. The molecule has 1 aliphatic rings. The van der Waals surface area contributed by atoms with E-state index in [9.17, 15) is 0 Å². The lowest BCUT2D eigenvalue weighted by atomic mass is 10.2. The third-order valence-electron chi connectivity index (χ3n) is 2.14. The van der Waals surface area contributed by atoms with Gasteiger partial charge in [-0.2, -0.15) is 0 Å². The van der Waals surface area contributed by atoms with Gasteiger partial charge in [0.1, 0.15) is 6.61 Å². The van der Waals surface area contributed by atoms with E-state index >= 15 is 0 Å². The number of hydrogen-bond acceptors (Lipinski definition) is 4. The van der Waals surface area contributed by atoms with Crippen LogP contribution in [-0.4, -0.2) is 35.4 Å². The summed E-state index contributed by atoms with van der Waals surface area (Å²) < 4.78 is 0. The lowest BCUT2D eigenvalue weighted by Crippen LogP contribution is -3.13. The molecule has 0 aromatic carbocycles. The van der Waals surface area contributed by atoms with Gasteiger partial charge in [0.05, 0.1) is 12.6 Å². The molecule has 1 atom stereocenters. The Morgan fingerprint density at radius 3 is 2.86 bits per heavy atom. The molecule has 2 heterocycles. The van der Waals surface area contributed by atoms with Crippen LogP contribution in [0, 0.1) is 0 Å². The number of quaternary nitrogens is 1. The number of nitrogens with zero attached hydrogens (tertiary/aromatic N) is 3. The van der Waals surface area contributed by atoms with Gasteiger partial charge in [-0.3, -0.25) is 4.98 Å². The average Bonchev–Trinajstić information content (AvgIpc) is 2.61. The standard InChI is InChI=1S/C9H10N4O/c1-13-8(6-14)11-12-9(13)7-3-2-4-10-5-7/h2-5,14H,6H2,1H3/p+1. The van der Waals surface area contributed by atoms with E-state index in [1.54, 1.807) is 12.4 Å². The summed E-state index contributed by atoms with van der Waals surface area (Å²) >= 11 is 0. The van der Waals surface area contributed by atoms with Gasteiger partial charge in [0.15, 0.2) is 0 Å². The fraction of sp³-hybridized carbons (Fsp3) is 0.222. The van der Waals surface area contributed by atoms with Crippen LogP contribution < -0.4 is 4.90 Å². The third-order valence-corrected chi connectivity index (χ3v) is 2.14. The highest BCUT2D eigenvalue weighted by molar-refractivity contribution is 6.00. The highest BCUT2D eigenvalue weighted by Crippen LogP contribution is 1.97. The van der Waals surface area contributed by atoms with Crippen LogP contribution in [0.4, 0.5) is 0 Å². The molecular formula is C9H11N4O+. The summed E-state index contributed by atoms with van der Waals surface area (Å²) in [5.41, 5.74) is 0.928. The fourth-order valence-corrected chi connectivity index (χ4v) is 1.32. The maximum atomic E-state index is 8.96. The predicted molar refractivity (Wildman–Crippen MR) is 52.2 cm³/mol. The fourth-order valence-electron chi connectivity index (χ4n) is 1.32. The molecule has 1 aromatic heterocycles. The van der Waals surface area contributed by atoms with Crippen molar-refractivity contribution in [2.75, 3.05) is 13.7 Å². The third kappa shape index (κ3) is 1.43. The van der Waals surface area contributed by atoms with Crippen molar-refractivity contribution in [2.45, 2.75) is 0 Å². The predicted octanol–water partition coefficient (Wildman–Crippen LogP) is -1.34. The summed E-state index contributed by atoms with van der Waals surface area (Å²) in [6.07, 6.45) is 3.44. The molecule has 5 nitrogen and oxygen atoms in total. The Kier molecular flexibility index (Phi) is 2.34. The number of nitrogens with one attached hydrogen (secondary N) is 1. The normalized spacial score (nSPS) is 20.6. The van der Waals surface area contributed by atoms with Crippen LogP contribution in [0.3, 0.4) is 0 Å². The second-order valence-corrected chi connectivity index (χ2v) is 3.02. The van der Waals surface area contributed by atoms with E-state index < -0.39 is 0 Å². The molecule has 0 spiro atoms. The number of rotatable bonds is 2.